The van der Waals surface area contributed by atoms with Crippen molar-refractivity contribution in [2.75, 3.05) is 19.5 Å². The number of alkyl halides is 1. The molecule has 0 radical (unpaired) electrons. The zero-order valence-electron chi connectivity index (χ0n) is 10.3. The zero-order chi connectivity index (χ0) is 13.1. The second kappa shape index (κ2) is 5.97. The Labute approximate surface area is 119 Å². The fourth-order valence-electron chi connectivity index (χ4n) is 1.97. The van der Waals surface area contributed by atoms with Crippen molar-refractivity contribution < 1.29 is 14.3 Å². The van der Waals surface area contributed by atoms with Crippen LogP contribution in [0.15, 0.2) is 23.1 Å². The Morgan fingerprint density at radius 3 is 3.06 bits per heavy atom. The van der Waals surface area contributed by atoms with Gasteiger partial charge in [0.15, 0.2) is 0 Å². The van der Waals surface area contributed by atoms with Gasteiger partial charge < -0.3 is 9.47 Å². The highest BCUT2D eigenvalue weighted by Crippen LogP contribution is 2.44. The van der Waals surface area contributed by atoms with Crippen LogP contribution in [0.5, 0.6) is 5.75 Å². The number of carbonyl (C=O) groups excluding carboxylic acids is 1. The predicted molar refractivity (Wildman–Crippen MR) is 75.8 cm³/mol. The molecule has 0 saturated carbocycles. The minimum absolute atomic E-state index is 0.162. The maximum absolute atomic E-state index is 11.8. The summed E-state index contributed by atoms with van der Waals surface area (Å²) < 4.78 is 10.3. The van der Waals surface area contributed by atoms with Crippen molar-refractivity contribution in [1.82, 2.24) is 0 Å². The molecule has 0 saturated heterocycles. The van der Waals surface area contributed by atoms with E-state index >= 15 is 0 Å². The highest BCUT2D eigenvalue weighted by molar-refractivity contribution is 9.10. The van der Waals surface area contributed by atoms with Crippen LogP contribution >= 0.6 is 27.7 Å². The van der Waals surface area contributed by atoms with E-state index in [2.05, 4.69) is 15.9 Å². The van der Waals surface area contributed by atoms with E-state index in [-0.39, 0.29) is 16.7 Å². The first-order valence-corrected chi connectivity index (χ1v) is 7.69. The van der Waals surface area contributed by atoms with Gasteiger partial charge in [-0.2, -0.15) is 0 Å². The van der Waals surface area contributed by atoms with Crippen LogP contribution < -0.4 is 4.74 Å². The number of rotatable bonds is 4. The first-order valence-electron chi connectivity index (χ1n) is 5.78. The van der Waals surface area contributed by atoms with Crippen LogP contribution in [0.25, 0.3) is 0 Å². The molecular weight excluding hydrogens is 316 g/mol. The van der Waals surface area contributed by atoms with E-state index < -0.39 is 0 Å². The maximum atomic E-state index is 11.8. The summed E-state index contributed by atoms with van der Waals surface area (Å²) >= 11 is 5.21. The van der Waals surface area contributed by atoms with Crippen molar-refractivity contribution in [3.8, 4) is 5.75 Å². The molecule has 1 aromatic carbocycles. The Bertz CT molecular complexity index is 450. The summed E-state index contributed by atoms with van der Waals surface area (Å²) in [5, 5.41) is 0. The minimum Gasteiger partial charge on any atom is -0.497 e. The summed E-state index contributed by atoms with van der Waals surface area (Å²) in [6.07, 6.45) is 0. The number of ether oxygens (including phenoxy) is 2. The van der Waals surface area contributed by atoms with Gasteiger partial charge in [-0.3, -0.25) is 4.79 Å². The number of hydrogen-bond acceptors (Lipinski definition) is 4. The lowest BCUT2D eigenvalue weighted by Crippen LogP contribution is -2.24. The minimum atomic E-state index is -0.278. The summed E-state index contributed by atoms with van der Waals surface area (Å²) in [5.74, 6) is 1.71. The molecule has 1 heterocycles. The van der Waals surface area contributed by atoms with Gasteiger partial charge in [-0.05, 0) is 24.6 Å². The van der Waals surface area contributed by atoms with Crippen molar-refractivity contribution in [3.05, 3.63) is 23.8 Å². The number of fused-ring (bicyclic) bond motifs is 1. The second-order valence-corrected chi connectivity index (χ2v) is 6.02. The van der Waals surface area contributed by atoms with Crippen molar-refractivity contribution >= 4 is 33.7 Å². The Balaban J connectivity index is 2.18. The van der Waals surface area contributed by atoms with Crippen LogP contribution in [0, 0.1) is 0 Å². The third kappa shape index (κ3) is 2.67. The number of halogens is 1. The lowest BCUT2D eigenvalue weighted by atomic mass is 9.98. The topological polar surface area (TPSA) is 35.5 Å². The van der Waals surface area contributed by atoms with Gasteiger partial charge in [0.25, 0.3) is 0 Å². The fraction of sp³-hybridized carbons (Fsp3) is 0.462. The van der Waals surface area contributed by atoms with E-state index in [9.17, 15) is 4.79 Å². The maximum Gasteiger partial charge on any atom is 0.320 e. The number of carbonyl (C=O) groups is 1. The van der Waals surface area contributed by atoms with E-state index in [0.717, 1.165) is 11.5 Å². The lowest BCUT2D eigenvalue weighted by molar-refractivity contribution is -0.142. The lowest BCUT2D eigenvalue weighted by Gasteiger charge is -2.16. The summed E-state index contributed by atoms with van der Waals surface area (Å²) in [4.78, 5) is 12.7. The third-order valence-electron chi connectivity index (χ3n) is 2.90. The number of benzene rings is 1. The fourth-order valence-corrected chi connectivity index (χ4v) is 4.14. The summed E-state index contributed by atoms with van der Waals surface area (Å²) in [5.41, 5.74) is 1.19. The molecule has 0 fully saturated rings. The molecule has 1 aliphatic heterocycles. The van der Waals surface area contributed by atoms with Crippen LogP contribution in [0.3, 0.4) is 0 Å². The number of hydrogen-bond donors (Lipinski definition) is 0. The number of thioether (sulfide) groups is 1. The highest BCUT2D eigenvalue weighted by Gasteiger charge is 2.34. The zero-order valence-corrected chi connectivity index (χ0v) is 12.7. The molecule has 18 heavy (non-hydrogen) atoms. The standard InChI is InChI=1S/C13H15BrO3S/c1-3-17-13(15)12(14)10-7-18-11-6-8(16-2)4-5-9(10)11/h4-6,10,12H,3,7H2,1-2H3. The molecule has 0 bridgehead atoms. The van der Waals surface area contributed by atoms with Crippen LogP contribution in [0.2, 0.25) is 0 Å². The molecule has 2 rings (SSSR count). The molecule has 1 aliphatic rings. The number of methoxy groups -OCH3 is 1. The largest absolute Gasteiger partial charge is 0.497 e. The molecule has 98 valence electrons. The van der Waals surface area contributed by atoms with Crippen molar-refractivity contribution in [1.29, 1.82) is 0 Å². The molecule has 0 N–H and O–H groups in total. The first kappa shape index (κ1) is 13.7. The molecular formula is C13H15BrO3S. The molecule has 0 amide bonds. The summed E-state index contributed by atoms with van der Waals surface area (Å²) in [6, 6.07) is 5.99. The Morgan fingerprint density at radius 2 is 2.39 bits per heavy atom. The molecule has 0 spiro atoms. The molecule has 5 heteroatoms. The Kier molecular flexibility index (Phi) is 4.56. The van der Waals surface area contributed by atoms with Gasteiger partial charge in [0.2, 0.25) is 0 Å². The van der Waals surface area contributed by atoms with Crippen molar-refractivity contribution in [2.24, 2.45) is 0 Å². The van der Waals surface area contributed by atoms with E-state index in [0.29, 0.717) is 6.61 Å². The quantitative estimate of drug-likeness (QED) is 0.627. The monoisotopic (exact) mass is 330 g/mol. The van der Waals surface area contributed by atoms with Crippen molar-refractivity contribution in [3.63, 3.8) is 0 Å². The van der Waals surface area contributed by atoms with Gasteiger partial charge >= 0.3 is 5.97 Å². The van der Waals surface area contributed by atoms with Crippen molar-refractivity contribution in [2.45, 2.75) is 22.6 Å². The predicted octanol–water partition coefficient (Wildman–Crippen LogP) is 3.21. The average Bonchev–Trinajstić information content (AvgIpc) is 2.80. The van der Waals surface area contributed by atoms with Gasteiger partial charge in [-0.15, -0.1) is 11.8 Å². The Hall–Kier alpha value is -0.680. The molecule has 0 aliphatic carbocycles. The van der Waals surface area contributed by atoms with Gasteiger partial charge in [-0.25, -0.2) is 0 Å². The highest BCUT2D eigenvalue weighted by atomic mass is 79.9. The summed E-state index contributed by atoms with van der Waals surface area (Å²) in [6.45, 7) is 2.23. The normalized spacial score (nSPS) is 19.2. The van der Waals surface area contributed by atoms with Crippen LogP contribution in [-0.2, 0) is 9.53 Å². The van der Waals surface area contributed by atoms with Gasteiger partial charge in [-0.1, -0.05) is 22.0 Å². The molecule has 2 atom stereocenters. The van der Waals surface area contributed by atoms with Crippen LogP contribution in [0.1, 0.15) is 18.4 Å². The average molecular weight is 331 g/mol. The molecule has 3 nitrogen and oxygen atoms in total. The van der Waals surface area contributed by atoms with Gasteiger partial charge in [0.05, 0.1) is 13.7 Å². The van der Waals surface area contributed by atoms with Crippen LogP contribution in [-0.4, -0.2) is 30.3 Å². The second-order valence-electron chi connectivity index (χ2n) is 3.98. The van der Waals surface area contributed by atoms with E-state index in [1.807, 2.05) is 25.1 Å². The first-order chi connectivity index (χ1) is 8.67. The van der Waals surface area contributed by atoms with E-state index in [1.165, 1.54) is 10.5 Å². The van der Waals surface area contributed by atoms with Crippen LogP contribution in [0.4, 0.5) is 0 Å². The summed E-state index contributed by atoms with van der Waals surface area (Å²) in [7, 11) is 1.66. The number of esters is 1. The smallest absolute Gasteiger partial charge is 0.320 e. The van der Waals surface area contributed by atoms with E-state index in [4.69, 9.17) is 9.47 Å². The Morgan fingerprint density at radius 1 is 1.61 bits per heavy atom. The van der Waals surface area contributed by atoms with Gasteiger partial charge in [0, 0.05) is 16.6 Å². The van der Waals surface area contributed by atoms with Gasteiger partial charge in [0.1, 0.15) is 10.6 Å². The molecule has 1 aromatic rings. The SMILES string of the molecule is CCOC(=O)C(Br)C1CSc2cc(OC)ccc21. The third-order valence-corrected chi connectivity index (χ3v) is 5.11. The molecule has 2 unspecified atom stereocenters. The van der Waals surface area contributed by atoms with E-state index in [1.54, 1.807) is 18.9 Å². The molecule has 0 aromatic heterocycles.